The van der Waals surface area contributed by atoms with E-state index in [-0.39, 0.29) is 10.6 Å². The van der Waals surface area contributed by atoms with Gasteiger partial charge in [-0.05, 0) is 26.0 Å². The molecule has 0 unspecified atom stereocenters. The molecule has 0 saturated carbocycles. The number of hydrogen-bond donors (Lipinski definition) is 2. The molecule has 0 spiro atoms. The molecule has 0 atom stereocenters. The van der Waals surface area contributed by atoms with Crippen molar-refractivity contribution in [3.8, 4) is 0 Å². The Morgan fingerprint density at radius 2 is 2.05 bits per heavy atom. The van der Waals surface area contributed by atoms with E-state index in [1.807, 2.05) is 0 Å². The van der Waals surface area contributed by atoms with E-state index in [9.17, 15) is 13.2 Å². The second-order valence-electron chi connectivity index (χ2n) is 4.76. The fourth-order valence-corrected chi connectivity index (χ4v) is 3.72. The van der Waals surface area contributed by atoms with Crippen molar-refractivity contribution in [1.29, 1.82) is 0 Å². The highest BCUT2D eigenvalue weighted by Crippen LogP contribution is 2.24. The van der Waals surface area contributed by atoms with Crippen molar-refractivity contribution in [2.24, 2.45) is 0 Å². The first kappa shape index (κ1) is 15.5. The summed E-state index contributed by atoms with van der Waals surface area (Å²) in [6.45, 7) is 3.38. The number of carbonyl (C=O) groups is 1. The van der Waals surface area contributed by atoms with Crippen molar-refractivity contribution in [2.75, 3.05) is 0 Å². The fraction of sp³-hybridized carbons (Fsp3) is 0.250. The number of carboxylic acid groups (broad SMARTS) is 1. The lowest BCUT2D eigenvalue weighted by atomic mass is 10.1. The van der Waals surface area contributed by atoms with Crippen molar-refractivity contribution in [2.45, 2.75) is 24.4 Å². The Morgan fingerprint density at radius 3 is 2.52 bits per heavy atom. The third-order valence-corrected chi connectivity index (χ3v) is 5.28. The minimum absolute atomic E-state index is 0.0758. The summed E-state index contributed by atoms with van der Waals surface area (Å²) < 4.78 is 27.1. The molecule has 2 N–H and O–H groups in total. The molecule has 0 saturated heterocycles. The second kappa shape index (κ2) is 5.51. The number of nitrogens with one attached hydrogen (secondary N) is 1. The molecule has 2 aromatic rings. The number of carboxylic acids is 1. The van der Waals surface area contributed by atoms with Gasteiger partial charge in [-0.1, -0.05) is 0 Å². The minimum atomic E-state index is -3.87. The van der Waals surface area contributed by atoms with E-state index >= 15 is 0 Å². The molecule has 0 aromatic carbocycles. The summed E-state index contributed by atoms with van der Waals surface area (Å²) in [6, 6.07) is 2.35. The topological polar surface area (TPSA) is 109 Å². The number of rotatable bonds is 5. The number of aromatic carboxylic acids is 1. The first-order chi connectivity index (χ1) is 9.72. The Kier molecular flexibility index (Phi) is 4.08. The third kappa shape index (κ3) is 3.43. The highest BCUT2D eigenvalue weighted by atomic mass is 32.2. The van der Waals surface area contributed by atoms with Gasteiger partial charge in [0.15, 0.2) is 5.03 Å². The normalized spacial score (nSPS) is 12.3. The van der Waals surface area contributed by atoms with E-state index < -0.39 is 21.5 Å². The first-order valence-electron chi connectivity index (χ1n) is 5.86. The molecular formula is C12H13N3O4S2. The molecule has 0 radical (unpaired) electrons. The zero-order valence-corrected chi connectivity index (χ0v) is 12.9. The van der Waals surface area contributed by atoms with Crippen molar-refractivity contribution in [3.63, 3.8) is 0 Å². The number of thiazole rings is 1. The van der Waals surface area contributed by atoms with Gasteiger partial charge in [-0.25, -0.2) is 23.2 Å². The molecule has 0 aliphatic carbocycles. The molecular weight excluding hydrogens is 314 g/mol. The largest absolute Gasteiger partial charge is 0.478 e. The van der Waals surface area contributed by atoms with Gasteiger partial charge >= 0.3 is 5.97 Å². The molecule has 0 bridgehead atoms. The molecule has 2 heterocycles. The molecule has 0 fully saturated rings. The van der Waals surface area contributed by atoms with Gasteiger partial charge in [0.05, 0.1) is 11.1 Å². The number of hydrogen-bond acceptors (Lipinski definition) is 6. The summed E-state index contributed by atoms with van der Waals surface area (Å²) in [5.74, 6) is -1.16. The van der Waals surface area contributed by atoms with E-state index in [2.05, 4.69) is 14.7 Å². The Balaban J connectivity index is 2.28. The quantitative estimate of drug-likeness (QED) is 0.860. The maximum Gasteiger partial charge on any atom is 0.337 e. The predicted molar refractivity (Wildman–Crippen MR) is 76.7 cm³/mol. The van der Waals surface area contributed by atoms with Crippen LogP contribution in [0.3, 0.4) is 0 Å². The van der Waals surface area contributed by atoms with Gasteiger partial charge in [0, 0.05) is 17.8 Å². The van der Waals surface area contributed by atoms with Gasteiger partial charge in [-0.3, -0.25) is 0 Å². The van der Waals surface area contributed by atoms with Crippen LogP contribution in [0.4, 0.5) is 0 Å². The summed E-state index contributed by atoms with van der Waals surface area (Å²) >= 11 is 1.34. The van der Waals surface area contributed by atoms with Crippen LogP contribution in [0, 0.1) is 0 Å². The van der Waals surface area contributed by atoms with E-state index in [4.69, 9.17) is 5.11 Å². The van der Waals surface area contributed by atoms with Crippen LogP contribution >= 0.6 is 11.3 Å². The molecule has 7 nitrogen and oxygen atoms in total. The zero-order chi connectivity index (χ0) is 15.7. The second-order valence-corrected chi connectivity index (χ2v) is 7.28. The summed E-state index contributed by atoms with van der Waals surface area (Å²) in [5, 5.41) is 10.9. The molecule has 0 amide bonds. The van der Waals surface area contributed by atoms with Crippen LogP contribution in [-0.2, 0) is 15.6 Å². The maximum atomic E-state index is 12.3. The van der Waals surface area contributed by atoms with Crippen LogP contribution in [0.5, 0.6) is 0 Å². The van der Waals surface area contributed by atoms with E-state index in [1.54, 1.807) is 25.4 Å². The smallest absolute Gasteiger partial charge is 0.337 e. The van der Waals surface area contributed by atoms with Crippen molar-refractivity contribution in [1.82, 2.24) is 14.7 Å². The Morgan fingerprint density at radius 1 is 1.33 bits per heavy atom. The van der Waals surface area contributed by atoms with Gasteiger partial charge in [-0.2, -0.15) is 4.72 Å². The Labute approximate surface area is 125 Å². The van der Waals surface area contributed by atoms with Crippen LogP contribution in [0.15, 0.2) is 34.9 Å². The highest BCUT2D eigenvalue weighted by Gasteiger charge is 2.30. The van der Waals surface area contributed by atoms with E-state index in [0.717, 1.165) is 12.3 Å². The average molecular weight is 327 g/mol. The van der Waals surface area contributed by atoms with Gasteiger partial charge in [-0.15, -0.1) is 11.3 Å². The van der Waals surface area contributed by atoms with Gasteiger partial charge in [0.2, 0.25) is 0 Å². The van der Waals surface area contributed by atoms with Crippen molar-refractivity contribution >= 4 is 27.3 Å². The molecule has 9 heteroatoms. The van der Waals surface area contributed by atoms with Crippen LogP contribution < -0.4 is 4.72 Å². The van der Waals surface area contributed by atoms with Gasteiger partial charge in [0.25, 0.3) is 10.0 Å². The van der Waals surface area contributed by atoms with Gasteiger partial charge in [0.1, 0.15) is 5.01 Å². The molecule has 0 aliphatic rings. The predicted octanol–water partition coefficient (Wildman–Crippen LogP) is 1.45. The van der Waals surface area contributed by atoms with Crippen molar-refractivity contribution in [3.05, 3.63) is 40.5 Å². The monoisotopic (exact) mass is 327 g/mol. The molecule has 2 aromatic heterocycles. The molecule has 2 rings (SSSR count). The van der Waals surface area contributed by atoms with E-state index in [1.165, 1.54) is 17.4 Å². The molecule has 0 aliphatic heterocycles. The first-order valence-corrected chi connectivity index (χ1v) is 8.22. The third-order valence-electron chi connectivity index (χ3n) is 2.62. The lowest BCUT2D eigenvalue weighted by Crippen LogP contribution is -2.41. The number of pyridine rings is 1. The summed E-state index contributed by atoms with van der Waals surface area (Å²) in [7, 11) is -3.87. The number of nitrogens with zero attached hydrogens (tertiary/aromatic N) is 2. The van der Waals surface area contributed by atoms with Crippen molar-refractivity contribution < 1.29 is 18.3 Å². The summed E-state index contributed by atoms with van der Waals surface area (Å²) in [4.78, 5) is 18.5. The standard InChI is InChI=1S/C12H13N3O4S2/c1-12(2,11-13-5-6-20-11)15-21(18,19)9-4-3-8(7-14-9)10(16)17/h3-7,15H,1-2H3,(H,16,17). The molecule has 21 heavy (non-hydrogen) atoms. The SMILES string of the molecule is CC(C)(NS(=O)(=O)c1ccc(C(=O)O)cn1)c1nccs1. The van der Waals surface area contributed by atoms with Crippen LogP contribution in [0.25, 0.3) is 0 Å². The lowest BCUT2D eigenvalue weighted by Gasteiger charge is -2.23. The Bertz CT molecular complexity index is 737. The zero-order valence-electron chi connectivity index (χ0n) is 11.3. The number of aromatic nitrogens is 2. The number of sulfonamides is 1. The molecule has 112 valence electrons. The maximum absolute atomic E-state index is 12.3. The van der Waals surface area contributed by atoms with Crippen LogP contribution in [-0.4, -0.2) is 29.5 Å². The van der Waals surface area contributed by atoms with Crippen LogP contribution in [0.1, 0.15) is 29.2 Å². The van der Waals surface area contributed by atoms with Gasteiger partial charge < -0.3 is 5.11 Å². The van der Waals surface area contributed by atoms with E-state index in [0.29, 0.717) is 5.01 Å². The fourth-order valence-electron chi connectivity index (χ4n) is 1.63. The minimum Gasteiger partial charge on any atom is -0.478 e. The highest BCUT2D eigenvalue weighted by molar-refractivity contribution is 7.89. The lowest BCUT2D eigenvalue weighted by molar-refractivity contribution is 0.0696. The average Bonchev–Trinajstić information content (AvgIpc) is 2.92. The summed E-state index contributed by atoms with van der Waals surface area (Å²) in [5.41, 5.74) is -0.965. The summed E-state index contributed by atoms with van der Waals surface area (Å²) in [6.07, 6.45) is 2.60. The Hall–Kier alpha value is -1.84. The van der Waals surface area contributed by atoms with Crippen LogP contribution in [0.2, 0.25) is 0 Å².